The lowest BCUT2D eigenvalue weighted by Gasteiger charge is -2.25. The SMILES string of the molecule is O=Nc1ccc(Oc2cc(O)cc(O)c2-c2cc(C(=O)N[C@H]3CC[C@H](O)CC3)no2)cc1. The zero-order valence-corrected chi connectivity index (χ0v) is 16.9. The zero-order valence-electron chi connectivity index (χ0n) is 16.9. The molecule has 0 aliphatic heterocycles. The van der Waals surface area contributed by atoms with Crippen LogP contribution >= 0.6 is 0 Å². The number of rotatable bonds is 6. The van der Waals surface area contributed by atoms with Crippen molar-refractivity contribution < 1.29 is 29.4 Å². The largest absolute Gasteiger partial charge is 0.508 e. The Kier molecular flexibility index (Phi) is 6.04. The van der Waals surface area contributed by atoms with Crippen LogP contribution in [0.3, 0.4) is 0 Å². The summed E-state index contributed by atoms with van der Waals surface area (Å²) in [6.07, 6.45) is 2.27. The van der Waals surface area contributed by atoms with E-state index in [2.05, 4.69) is 15.7 Å². The van der Waals surface area contributed by atoms with Crippen LogP contribution in [0.2, 0.25) is 0 Å². The fourth-order valence-electron chi connectivity index (χ4n) is 3.60. The highest BCUT2D eigenvalue weighted by atomic mass is 16.5. The molecule has 1 amide bonds. The third-order valence-corrected chi connectivity index (χ3v) is 5.26. The van der Waals surface area contributed by atoms with Gasteiger partial charge in [0.25, 0.3) is 5.91 Å². The molecule has 0 saturated heterocycles. The van der Waals surface area contributed by atoms with Crippen LogP contribution in [0.5, 0.6) is 23.0 Å². The number of nitrogens with one attached hydrogen (secondary N) is 1. The van der Waals surface area contributed by atoms with Crippen molar-refractivity contribution in [1.82, 2.24) is 10.5 Å². The Morgan fingerprint density at radius 3 is 2.50 bits per heavy atom. The van der Waals surface area contributed by atoms with Gasteiger partial charge in [0.2, 0.25) is 0 Å². The monoisotopic (exact) mass is 439 g/mol. The number of aliphatic hydroxyl groups is 1. The molecule has 1 aliphatic rings. The van der Waals surface area contributed by atoms with E-state index in [9.17, 15) is 25.0 Å². The molecule has 10 nitrogen and oxygen atoms in total. The second-order valence-corrected chi connectivity index (χ2v) is 7.58. The first kappa shape index (κ1) is 21.3. The number of benzene rings is 2. The zero-order chi connectivity index (χ0) is 22.7. The molecule has 0 spiro atoms. The van der Waals surface area contributed by atoms with Crippen molar-refractivity contribution in [3.8, 4) is 34.3 Å². The average molecular weight is 439 g/mol. The van der Waals surface area contributed by atoms with E-state index in [1.54, 1.807) is 0 Å². The first-order valence-electron chi connectivity index (χ1n) is 10.1. The Bertz CT molecular complexity index is 1120. The number of hydrogen-bond acceptors (Lipinski definition) is 9. The molecule has 4 N–H and O–H groups in total. The number of hydrogen-bond donors (Lipinski definition) is 4. The van der Waals surface area contributed by atoms with Crippen LogP contribution in [0, 0.1) is 4.91 Å². The van der Waals surface area contributed by atoms with E-state index < -0.39 is 5.91 Å². The third-order valence-electron chi connectivity index (χ3n) is 5.26. The van der Waals surface area contributed by atoms with E-state index in [1.165, 1.54) is 36.4 Å². The van der Waals surface area contributed by atoms with Crippen molar-refractivity contribution >= 4 is 11.6 Å². The first-order valence-corrected chi connectivity index (χ1v) is 10.1. The van der Waals surface area contributed by atoms with Crippen molar-refractivity contribution in [1.29, 1.82) is 0 Å². The molecule has 1 aliphatic carbocycles. The minimum atomic E-state index is -0.431. The summed E-state index contributed by atoms with van der Waals surface area (Å²) in [5, 5.41) is 39.4. The van der Waals surface area contributed by atoms with Crippen LogP contribution in [-0.4, -0.2) is 38.5 Å². The number of ether oxygens (including phenoxy) is 1. The van der Waals surface area contributed by atoms with Crippen LogP contribution in [0.4, 0.5) is 5.69 Å². The molecule has 3 aromatic rings. The molecule has 0 atom stereocenters. The number of carbonyl (C=O) groups excluding carboxylic acids is 1. The van der Waals surface area contributed by atoms with E-state index in [1.807, 2.05) is 0 Å². The van der Waals surface area contributed by atoms with Gasteiger partial charge in [-0.05, 0) is 55.1 Å². The van der Waals surface area contributed by atoms with Crippen molar-refractivity contribution in [2.45, 2.75) is 37.8 Å². The number of phenols is 2. The lowest BCUT2D eigenvalue weighted by Crippen LogP contribution is -2.38. The minimum Gasteiger partial charge on any atom is -0.508 e. The summed E-state index contributed by atoms with van der Waals surface area (Å²) < 4.78 is 11.0. The van der Waals surface area contributed by atoms with Crippen molar-refractivity contribution in [3.63, 3.8) is 0 Å². The Morgan fingerprint density at radius 1 is 1.09 bits per heavy atom. The van der Waals surface area contributed by atoms with Gasteiger partial charge in [-0.25, -0.2) is 0 Å². The quantitative estimate of drug-likeness (QED) is 0.421. The van der Waals surface area contributed by atoms with Gasteiger partial charge < -0.3 is 29.9 Å². The smallest absolute Gasteiger partial charge is 0.273 e. The van der Waals surface area contributed by atoms with Crippen LogP contribution in [0.25, 0.3) is 11.3 Å². The van der Waals surface area contributed by atoms with Gasteiger partial charge in [-0.1, -0.05) is 5.16 Å². The highest BCUT2D eigenvalue weighted by Crippen LogP contribution is 2.43. The number of amides is 1. The fourth-order valence-corrected chi connectivity index (χ4v) is 3.60. The second kappa shape index (κ2) is 9.06. The van der Waals surface area contributed by atoms with Crippen LogP contribution in [0.1, 0.15) is 36.2 Å². The number of aromatic nitrogens is 1. The number of carbonyl (C=O) groups is 1. The highest BCUT2D eigenvalue weighted by molar-refractivity contribution is 5.93. The molecule has 0 unspecified atom stereocenters. The standard InChI is InChI=1S/C22H21N3O7/c26-14-5-1-12(2-6-14)23-22(29)17-11-20(32-25-17)21-18(28)9-15(27)10-19(21)31-16-7-3-13(24-30)4-8-16/h3-4,7-12,14,26-28H,1-2,5-6H2,(H,23,29)/t12-,14-. The van der Waals surface area contributed by atoms with Crippen molar-refractivity contribution in [3.05, 3.63) is 53.1 Å². The topological polar surface area (TPSA) is 154 Å². The Balaban J connectivity index is 1.57. The first-order chi connectivity index (χ1) is 15.4. The molecule has 0 radical (unpaired) electrons. The molecular formula is C22H21N3O7. The predicted octanol–water partition coefficient (Wildman–Crippen LogP) is 3.98. The molecule has 10 heteroatoms. The van der Waals surface area contributed by atoms with E-state index in [4.69, 9.17) is 9.26 Å². The summed E-state index contributed by atoms with van der Waals surface area (Å²) in [5.74, 6) is -0.578. The molecule has 1 aromatic heterocycles. The van der Waals surface area contributed by atoms with Gasteiger partial charge >= 0.3 is 0 Å². The summed E-state index contributed by atoms with van der Waals surface area (Å²) in [4.78, 5) is 23.1. The highest BCUT2D eigenvalue weighted by Gasteiger charge is 2.25. The maximum atomic E-state index is 12.6. The lowest BCUT2D eigenvalue weighted by atomic mass is 9.93. The lowest BCUT2D eigenvalue weighted by molar-refractivity contribution is 0.0859. The van der Waals surface area contributed by atoms with Gasteiger partial charge in [-0.15, -0.1) is 4.91 Å². The number of nitroso groups, excluding NO2 is 1. The van der Waals surface area contributed by atoms with Gasteiger partial charge in [-0.3, -0.25) is 4.79 Å². The molecule has 32 heavy (non-hydrogen) atoms. The number of phenolic OH excluding ortho intramolecular Hbond substituents is 2. The van der Waals surface area contributed by atoms with Crippen LogP contribution in [0.15, 0.2) is 52.2 Å². The number of aromatic hydroxyl groups is 2. The normalized spacial score (nSPS) is 18.2. The molecule has 2 aromatic carbocycles. The maximum absolute atomic E-state index is 12.6. The summed E-state index contributed by atoms with van der Waals surface area (Å²) in [5.41, 5.74) is 0.327. The molecule has 0 bridgehead atoms. The van der Waals surface area contributed by atoms with Gasteiger partial charge in [0.05, 0.1) is 6.10 Å². The minimum absolute atomic E-state index is 0.0194. The van der Waals surface area contributed by atoms with E-state index in [0.717, 1.165) is 6.07 Å². The maximum Gasteiger partial charge on any atom is 0.273 e. The van der Waals surface area contributed by atoms with Crippen LogP contribution in [-0.2, 0) is 0 Å². The van der Waals surface area contributed by atoms with Gasteiger partial charge in [-0.2, -0.15) is 0 Å². The fraction of sp³-hybridized carbons (Fsp3) is 0.273. The summed E-state index contributed by atoms with van der Waals surface area (Å²) >= 11 is 0. The molecule has 1 heterocycles. The van der Waals surface area contributed by atoms with E-state index in [-0.39, 0.29) is 52.1 Å². The number of aliphatic hydroxyl groups excluding tert-OH is 1. The van der Waals surface area contributed by atoms with Crippen LogP contribution < -0.4 is 10.1 Å². The Hall–Kier alpha value is -3.92. The van der Waals surface area contributed by atoms with Gasteiger partial charge in [0.1, 0.15) is 34.2 Å². The van der Waals surface area contributed by atoms with Gasteiger partial charge in [0, 0.05) is 24.2 Å². The average Bonchev–Trinajstić information content (AvgIpc) is 3.25. The molecule has 4 rings (SSSR count). The molecular weight excluding hydrogens is 418 g/mol. The summed E-state index contributed by atoms with van der Waals surface area (Å²) in [6.45, 7) is 0. The molecule has 166 valence electrons. The van der Waals surface area contributed by atoms with Crippen molar-refractivity contribution in [2.24, 2.45) is 5.18 Å². The second-order valence-electron chi connectivity index (χ2n) is 7.58. The third kappa shape index (κ3) is 4.70. The van der Waals surface area contributed by atoms with E-state index in [0.29, 0.717) is 31.4 Å². The number of nitrogens with zero attached hydrogens (tertiary/aromatic N) is 2. The van der Waals surface area contributed by atoms with E-state index >= 15 is 0 Å². The van der Waals surface area contributed by atoms with Gasteiger partial charge in [0.15, 0.2) is 11.5 Å². The Morgan fingerprint density at radius 2 is 1.81 bits per heavy atom. The summed E-state index contributed by atoms with van der Waals surface area (Å²) in [7, 11) is 0. The predicted molar refractivity (Wildman–Crippen MR) is 113 cm³/mol. The summed E-state index contributed by atoms with van der Waals surface area (Å²) in [6, 6.07) is 9.59. The van der Waals surface area contributed by atoms with Crippen molar-refractivity contribution in [2.75, 3.05) is 0 Å². The molecule has 1 fully saturated rings. The molecule has 1 saturated carbocycles. The Labute approximate surface area is 182 Å².